The van der Waals surface area contributed by atoms with Gasteiger partial charge in [-0.25, -0.2) is 14.6 Å². The third kappa shape index (κ3) is 4.15. The van der Waals surface area contributed by atoms with Crippen LogP contribution in [0.1, 0.15) is 34.9 Å². The molecule has 0 saturated carbocycles. The fourth-order valence-electron chi connectivity index (χ4n) is 5.01. The predicted molar refractivity (Wildman–Crippen MR) is 144 cm³/mol. The third-order valence-electron chi connectivity index (χ3n) is 6.92. The standard InChI is InChI=1S/C27H28N8O2/c1-15-3-5-19-17(11-15)12-21(32-19)27(36)33-20-6-4-16(13-22(20)37-2)24-23-25(28)30-14-31-26(23)35(34-24)18-7-9-29-10-8-18/h3-6,11-14,18,29,32H,7-10H2,1-2H3,(H,33,36)(H2,28,30,31). The highest BCUT2D eigenvalue weighted by molar-refractivity contribution is 6.07. The molecule has 37 heavy (non-hydrogen) atoms. The first-order chi connectivity index (χ1) is 18.0. The second-order valence-electron chi connectivity index (χ2n) is 9.37. The molecule has 3 aromatic heterocycles. The van der Waals surface area contributed by atoms with Gasteiger partial charge in [0.2, 0.25) is 0 Å². The SMILES string of the molecule is COc1cc(-c2nn(C3CCNCC3)c3ncnc(N)c23)ccc1NC(=O)c1cc2cc(C)ccc2[nH]1. The van der Waals surface area contributed by atoms with Crippen LogP contribution in [-0.2, 0) is 0 Å². The lowest BCUT2D eigenvalue weighted by molar-refractivity contribution is 0.102. The molecule has 2 aromatic carbocycles. The Morgan fingerprint density at radius 2 is 1.97 bits per heavy atom. The molecule has 0 spiro atoms. The van der Waals surface area contributed by atoms with E-state index in [1.807, 2.05) is 54.1 Å². The maximum absolute atomic E-state index is 13.0. The highest BCUT2D eigenvalue weighted by atomic mass is 16.5. The number of hydrogen-bond donors (Lipinski definition) is 4. The van der Waals surface area contributed by atoms with E-state index in [0.29, 0.717) is 34.0 Å². The molecule has 10 nitrogen and oxygen atoms in total. The number of rotatable bonds is 5. The molecule has 0 radical (unpaired) electrons. The molecule has 1 fully saturated rings. The molecular weight excluding hydrogens is 468 g/mol. The minimum atomic E-state index is -0.252. The van der Waals surface area contributed by atoms with Crippen molar-refractivity contribution in [1.82, 2.24) is 30.0 Å². The van der Waals surface area contributed by atoms with Crippen molar-refractivity contribution in [3.05, 3.63) is 60.0 Å². The number of piperidine rings is 1. The number of nitrogens with one attached hydrogen (secondary N) is 3. The summed E-state index contributed by atoms with van der Waals surface area (Å²) in [6.45, 7) is 3.89. The maximum Gasteiger partial charge on any atom is 0.272 e. The van der Waals surface area contributed by atoms with Crippen molar-refractivity contribution in [2.45, 2.75) is 25.8 Å². The highest BCUT2D eigenvalue weighted by Gasteiger charge is 2.24. The average molecular weight is 497 g/mol. The van der Waals surface area contributed by atoms with E-state index in [1.54, 1.807) is 7.11 Å². The first kappa shape index (κ1) is 23.0. The van der Waals surface area contributed by atoms with Crippen LogP contribution >= 0.6 is 0 Å². The van der Waals surface area contributed by atoms with Crippen molar-refractivity contribution in [1.29, 1.82) is 0 Å². The molecule has 1 amide bonds. The monoisotopic (exact) mass is 496 g/mol. The number of nitrogens with two attached hydrogens (primary N) is 1. The summed E-state index contributed by atoms with van der Waals surface area (Å²) in [5.41, 5.74) is 11.6. The Hall–Kier alpha value is -4.44. The van der Waals surface area contributed by atoms with Gasteiger partial charge in [0.05, 0.1) is 24.2 Å². The maximum atomic E-state index is 13.0. The lowest BCUT2D eigenvalue weighted by Crippen LogP contribution is -2.30. The molecule has 4 heterocycles. The summed E-state index contributed by atoms with van der Waals surface area (Å²) in [5, 5.41) is 13.0. The summed E-state index contributed by atoms with van der Waals surface area (Å²) in [5.74, 6) is 0.640. The van der Waals surface area contributed by atoms with Gasteiger partial charge >= 0.3 is 0 Å². The fourth-order valence-corrected chi connectivity index (χ4v) is 5.01. The summed E-state index contributed by atoms with van der Waals surface area (Å²) < 4.78 is 7.63. The Kier molecular flexibility index (Phi) is 5.72. The Morgan fingerprint density at radius 1 is 1.14 bits per heavy atom. The number of aromatic amines is 1. The Labute approximate surface area is 213 Å². The van der Waals surface area contributed by atoms with E-state index in [0.717, 1.165) is 53.6 Å². The van der Waals surface area contributed by atoms with Crippen molar-refractivity contribution in [2.24, 2.45) is 0 Å². The number of fused-ring (bicyclic) bond motifs is 2. The number of carbonyl (C=O) groups is 1. The molecule has 1 aliphatic rings. The van der Waals surface area contributed by atoms with E-state index < -0.39 is 0 Å². The molecule has 5 N–H and O–H groups in total. The number of H-pyrrole nitrogens is 1. The van der Waals surface area contributed by atoms with Crippen molar-refractivity contribution in [2.75, 3.05) is 31.2 Å². The van der Waals surface area contributed by atoms with E-state index in [2.05, 4.69) is 25.6 Å². The second kappa shape index (κ2) is 9.21. The topological polar surface area (TPSA) is 136 Å². The molecule has 10 heteroatoms. The first-order valence-corrected chi connectivity index (χ1v) is 12.3. The molecule has 0 atom stereocenters. The van der Waals surface area contributed by atoms with Gasteiger partial charge in [0, 0.05) is 16.5 Å². The van der Waals surface area contributed by atoms with E-state index >= 15 is 0 Å². The zero-order valence-electron chi connectivity index (χ0n) is 20.7. The minimum absolute atomic E-state index is 0.229. The van der Waals surface area contributed by atoms with Gasteiger partial charge in [-0.2, -0.15) is 5.10 Å². The van der Waals surface area contributed by atoms with Crippen LogP contribution < -0.4 is 21.1 Å². The number of aryl methyl sites for hydroxylation is 1. The van der Waals surface area contributed by atoms with E-state index in [9.17, 15) is 4.79 Å². The summed E-state index contributed by atoms with van der Waals surface area (Å²) in [6.07, 6.45) is 3.40. The molecule has 0 unspecified atom stereocenters. The largest absolute Gasteiger partial charge is 0.495 e. The van der Waals surface area contributed by atoms with Gasteiger partial charge in [0.25, 0.3) is 5.91 Å². The van der Waals surface area contributed by atoms with Gasteiger partial charge in [-0.1, -0.05) is 17.7 Å². The number of hydrogen-bond acceptors (Lipinski definition) is 7. The summed E-state index contributed by atoms with van der Waals surface area (Å²) in [4.78, 5) is 25.0. The first-order valence-electron chi connectivity index (χ1n) is 12.3. The number of ether oxygens (including phenoxy) is 1. The van der Waals surface area contributed by atoms with Gasteiger partial charge in [-0.15, -0.1) is 0 Å². The van der Waals surface area contributed by atoms with Crippen molar-refractivity contribution in [3.8, 4) is 17.0 Å². The lowest BCUT2D eigenvalue weighted by atomic mass is 10.1. The van der Waals surface area contributed by atoms with E-state index in [1.165, 1.54) is 6.33 Å². The van der Waals surface area contributed by atoms with Crippen LogP contribution in [-0.4, -0.2) is 50.8 Å². The molecule has 5 aromatic rings. The van der Waals surface area contributed by atoms with Crippen molar-refractivity contribution < 1.29 is 9.53 Å². The summed E-state index contributed by atoms with van der Waals surface area (Å²) in [6, 6.07) is 13.7. The smallest absolute Gasteiger partial charge is 0.272 e. The van der Waals surface area contributed by atoms with Crippen molar-refractivity contribution in [3.63, 3.8) is 0 Å². The van der Waals surface area contributed by atoms with Gasteiger partial charge < -0.3 is 26.1 Å². The summed E-state index contributed by atoms with van der Waals surface area (Å²) >= 11 is 0. The van der Waals surface area contributed by atoms with E-state index in [4.69, 9.17) is 15.6 Å². The van der Waals surface area contributed by atoms with Gasteiger partial charge in [-0.05, 0) is 63.2 Å². The zero-order valence-corrected chi connectivity index (χ0v) is 20.7. The second-order valence-corrected chi connectivity index (χ2v) is 9.37. The van der Waals surface area contributed by atoms with Crippen LogP contribution in [0.25, 0.3) is 33.2 Å². The van der Waals surface area contributed by atoms with Gasteiger partial charge in [-0.3, -0.25) is 4.79 Å². The minimum Gasteiger partial charge on any atom is -0.495 e. The highest BCUT2D eigenvalue weighted by Crippen LogP contribution is 2.37. The van der Waals surface area contributed by atoms with Gasteiger partial charge in [0.15, 0.2) is 5.65 Å². The number of anilines is 2. The molecule has 6 rings (SSSR count). The summed E-state index contributed by atoms with van der Waals surface area (Å²) in [7, 11) is 1.57. The lowest BCUT2D eigenvalue weighted by Gasteiger charge is -2.23. The van der Waals surface area contributed by atoms with Gasteiger partial charge in [0.1, 0.15) is 29.3 Å². The number of nitrogen functional groups attached to an aromatic ring is 1. The molecule has 0 aliphatic carbocycles. The van der Waals surface area contributed by atoms with Crippen molar-refractivity contribution >= 4 is 39.3 Å². The van der Waals surface area contributed by atoms with Crippen LogP contribution in [0.5, 0.6) is 5.75 Å². The van der Waals surface area contributed by atoms with E-state index in [-0.39, 0.29) is 11.9 Å². The number of carbonyl (C=O) groups excluding carboxylic acids is 1. The average Bonchev–Trinajstić information content (AvgIpc) is 3.52. The number of amides is 1. The van der Waals surface area contributed by atoms with Crippen LogP contribution in [0.4, 0.5) is 11.5 Å². The zero-order chi connectivity index (χ0) is 25.5. The van der Waals surface area contributed by atoms with Crippen LogP contribution in [0.15, 0.2) is 48.8 Å². The Morgan fingerprint density at radius 3 is 2.78 bits per heavy atom. The normalized spacial score (nSPS) is 14.3. The molecule has 1 aliphatic heterocycles. The quantitative estimate of drug-likeness (QED) is 0.288. The molecule has 1 saturated heterocycles. The Bertz CT molecular complexity index is 1630. The number of methoxy groups -OCH3 is 1. The van der Waals surface area contributed by atoms with Crippen LogP contribution in [0.2, 0.25) is 0 Å². The predicted octanol–water partition coefficient (Wildman–Crippen LogP) is 4.05. The Balaban J connectivity index is 1.35. The van der Waals surface area contributed by atoms with Crippen LogP contribution in [0.3, 0.4) is 0 Å². The number of aromatic nitrogens is 5. The number of nitrogens with zero attached hydrogens (tertiary/aromatic N) is 4. The fraction of sp³-hybridized carbons (Fsp3) is 0.259. The third-order valence-corrected chi connectivity index (χ3v) is 6.92. The molecule has 188 valence electrons. The number of benzene rings is 2. The molecule has 0 bridgehead atoms. The van der Waals surface area contributed by atoms with Crippen LogP contribution in [0, 0.1) is 6.92 Å². The molecular formula is C27H28N8O2.